The van der Waals surface area contributed by atoms with Crippen LogP contribution in [0.4, 0.5) is 0 Å². The molecule has 0 saturated carbocycles. The fourth-order valence-electron chi connectivity index (χ4n) is 1.68. The number of rotatable bonds is 8. The van der Waals surface area contributed by atoms with Gasteiger partial charge < -0.3 is 24.6 Å². The Morgan fingerprint density at radius 2 is 2.10 bits per heavy atom. The number of nitrogens with one attached hydrogen (secondary N) is 1. The number of amides is 1. The molecule has 0 fully saturated rings. The Labute approximate surface area is 118 Å². The smallest absolute Gasteiger partial charge is 0.258 e. The zero-order chi connectivity index (χ0) is 15.0. The molecule has 0 saturated heterocycles. The Morgan fingerprint density at radius 3 is 2.70 bits per heavy atom. The van der Waals surface area contributed by atoms with Gasteiger partial charge in [0.05, 0.1) is 20.3 Å². The third-order valence-electron chi connectivity index (χ3n) is 2.59. The first-order valence-corrected chi connectivity index (χ1v) is 6.29. The summed E-state index contributed by atoms with van der Waals surface area (Å²) in [7, 11) is 3.08. The molecule has 0 aliphatic rings. The number of carbonyl (C=O) groups excluding carboxylic acids is 1. The summed E-state index contributed by atoms with van der Waals surface area (Å²) < 4.78 is 15.5. The van der Waals surface area contributed by atoms with E-state index in [9.17, 15) is 4.79 Å². The number of methoxy groups -OCH3 is 2. The summed E-state index contributed by atoms with van der Waals surface area (Å²) in [4.78, 5) is 11.7. The minimum atomic E-state index is -0.233. The molecule has 0 aliphatic heterocycles. The third kappa shape index (κ3) is 5.07. The van der Waals surface area contributed by atoms with E-state index in [1.54, 1.807) is 25.3 Å². The van der Waals surface area contributed by atoms with Gasteiger partial charge in [0.2, 0.25) is 0 Å². The van der Waals surface area contributed by atoms with Crippen LogP contribution in [0.25, 0.3) is 0 Å². The van der Waals surface area contributed by atoms with Gasteiger partial charge >= 0.3 is 0 Å². The van der Waals surface area contributed by atoms with E-state index in [1.165, 1.54) is 7.11 Å². The highest BCUT2D eigenvalue weighted by atomic mass is 16.5. The van der Waals surface area contributed by atoms with Crippen molar-refractivity contribution in [1.29, 1.82) is 0 Å². The van der Waals surface area contributed by atoms with E-state index in [0.29, 0.717) is 23.7 Å². The number of ether oxygens (including phenoxy) is 3. The molecule has 1 rings (SSSR count). The minimum absolute atomic E-state index is 0.0743. The predicted molar refractivity (Wildman–Crippen MR) is 73.9 cm³/mol. The summed E-state index contributed by atoms with van der Waals surface area (Å²) in [6.07, 6.45) is 0. The summed E-state index contributed by atoms with van der Waals surface area (Å²) in [6.45, 7) is 2.10. The van der Waals surface area contributed by atoms with Gasteiger partial charge in [0.15, 0.2) is 18.1 Å². The van der Waals surface area contributed by atoms with Gasteiger partial charge in [0.25, 0.3) is 5.91 Å². The number of hydrogen-bond acceptors (Lipinski definition) is 5. The summed E-state index contributed by atoms with van der Waals surface area (Å²) in [5.74, 6) is 0.705. The lowest BCUT2D eigenvalue weighted by Gasteiger charge is -2.14. The summed E-state index contributed by atoms with van der Waals surface area (Å²) in [5, 5.41) is 11.8. The molecule has 20 heavy (non-hydrogen) atoms. The molecule has 1 aromatic carbocycles. The molecular weight excluding hydrogens is 262 g/mol. The van der Waals surface area contributed by atoms with Crippen molar-refractivity contribution in [1.82, 2.24) is 5.32 Å². The normalized spacial score (nSPS) is 11.8. The molecule has 0 radical (unpaired) electrons. The lowest BCUT2D eigenvalue weighted by molar-refractivity contribution is -0.124. The van der Waals surface area contributed by atoms with Gasteiger partial charge in [-0.15, -0.1) is 0 Å². The van der Waals surface area contributed by atoms with Crippen LogP contribution in [0.1, 0.15) is 12.5 Å². The number of benzene rings is 1. The molecule has 0 spiro atoms. The zero-order valence-corrected chi connectivity index (χ0v) is 12.0. The van der Waals surface area contributed by atoms with Gasteiger partial charge in [-0.1, -0.05) is 6.07 Å². The van der Waals surface area contributed by atoms with E-state index in [4.69, 9.17) is 19.3 Å². The number of aliphatic hydroxyl groups excluding tert-OH is 1. The van der Waals surface area contributed by atoms with E-state index in [0.717, 1.165) is 0 Å². The lowest BCUT2D eigenvalue weighted by atomic mass is 10.2. The maximum atomic E-state index is 11.7. The second kappa shape index (κ2) is 8.39. The van der Waals surface area contributed by atoms with Crippen LogP contribution in [-0.4, -0.2) is 44.5 Å². The SMILES string of the molecule is COCC(C)NC(=O)COc1ccc(CO)cc1OC. The van der Waals surface area contributed by atoms with E-state index in [2.05, 4.69) is 5.32 Å². The van der Waals surface area contributed by atoms with Gasteiger partial charge in [-0.2, -0.15) is 0 Å². The molecule has 0 heterocycles. The largest absolute Gasteiger partial charge is 0.493 e. The highest BCUT2D eigenvalue weighted by Gasteiger charge is 2.10. The number of hydrogen-bond donors (Lipinski definition) is 2. The predicted octanol–water partition coefficient (Wildman–Crippen LogP) is 0.717. The van der Waals surface area contributed by atoms with Crippen molar-refractivity contribution >= 4 is 5.91 Å². The standard InChI is InChI=1S/C14H21NO5/c1-10(8-18-2)15-14(17)9-20-12-5-4-11(7-16)6-13(12)19-3/h4-6,10,16H,7-9H2,1-3H3,(H,15,17). The van der Waals surface area contributed by atoms with Crippen molar-refractivity contribution in [3.8, 4) is 11.5 Å². The van der Waals surface area contributed by atoms with Crippen molar-refractivity contribution in [3.05, 3.63) is 23.8 Å². The molecule has 0 bridgehead atoms. The van der Waals surface area contributed by atoms with Gasteiger partial charge in [0, 0.05) is 13.2 Å². The molecule has 2 N–H and O–H groups in total. The summed E-state index contributed by atoms with van der Waals surface area (Å²) in [5.41, 5.74) is 0.715. The molecule has 0 aliphatic carbocycles. The second-order valence-electron chi connectivity index (χ2n) is 4.36. The second-order valence-corrected chi connectivity index (χ2v) is 4.36. The third-order valence-corrected chi connectivity index (χ3v) is 2.59. The van der Waals surface area contributed by atoms with Crippen LogP contribution in [0.5, 0.6) is 11.5 Å². The molecule has 0 aromatic heterocycles. The molecular formula is C14H21NO5. The van der Waals surface area contributed by atoms with Crippen LogP contribution in [0.15, 0.2) is 18.2 Å². The molecule has 1 atom stereocenters. The maximum absolute atomic E-state index is 11.7. The highest BCUT2D eigenvalue weighted by Crippen LogP contribution is 2.27. The van der Waals surface area contributed by atoms with E-state index in [1.807, 2.05) is 6.92 Å². The van der Waals surface area contributed by atoms with Crippen molar-refractivity contribution in [3.63, 3.8) is 0 Å². The Bertz CT molecular complexity index is 436. The number of aliphatic hydroxyl groups is 1. The molecule has 1 unspecified atom stereocenters. The summed E-state index contributed by atoms with van der Waals surface area (Å²) >= 11 is 0. The minimum Gasteiger partial charge on any atom is -0.493 e. The van der Waals surface area contributed by atoms with E-state index in [-0.39, 0.29) is 25.2 Å². The molecule has 112 valence electrons. The van der Waals surface area contributed by atoms with Crippen molar-refractivity contribution in [2.75, 3.05) is 27.4 Å². The quantitative estimate of drug-likeness (QED) is 0.735. The van der Waals surface area contributed by atoms with Crippen molar-refractivity contribution < 1.29 is 24.1 Å². The Kier molecular flexibility index (Phi) is 6.83. The first-order chi connectivity index (χ1) is 9.60. The van der Waals surface area contributed by atoms with Gasteiger partial charge in [-0.25, -0.2) is 0 Å². The average molecular weight is 283 g/mol. The van der Waals surface area contributed by atoms with Crippen molar-refractivity contribution in [2.24, 2.45) is 0 Å². The monoisotopic (exact) mass is 283 g/mol. The highest BCUT2D eigenvalue weighted by molar-refractivity contribution is 5.77. The Hall–Kier alpha value is -1.79. The van der Waals surface area contributed by atoms with Crippen molar-refractivity contribution in [2.45, 2.75) is 19.6 Å². The fraction of sp³-hybridized carbons (Fsp3) is 0.500. The van der Waals surface area contributed by atoms with Crippen LogP contribution in [0.3, 0.4) is 0 Å². The van der Waals surface area contributed by atoms with Crippen LogP contribution < -0.4 is 14.8 Å². The average Bonchev–Trinajstić information content (AvgIpc) is 2.45. The fourth-order valence-corrected chi connectivity index (χ4v) is 1.68. The van der Waals surface area contributed by atoms with Crippen LogP contribution >= 0.6 is 0 Å². The topological polar surface area (TPSA) is 77.0 Å². The van der Waals surface area contributed by atoms with Gasteiger partial charge in [-0.3, -0.25) is 4.79 Å². The van der Waals surface area contributed by atoms with Gasteiger partial charge in [0.1, 0.15) is 0 Å². The molecule has 6 nitrogen and oxygen atoms in total. The Morgan fingerprint density at radius 1 is 1.35 bits per heavy atom. The molecule has 1 aromatic rings. The first-order valence-electron chi connectivity index (χ1n) is 6.29. The van der Waals surface area contributed by atoms with Crippen LogP contribution in [-0.2, 0) is 16.1 Å². The molecule has 6 heteroatoms. The van der Waals surface area contributed by atoms with Gasteiger partial charge in [-0.05, 0) is 24.6 Å². The number of carbonyl (C=O) groups is 1. The zero-order valence-electron chi connectivity index (χ0n) is 12.0. The van der Waals surface area contributed by atoms with Crippen LogP contribution in [0, 0.1) is 0 Å². The molecule has 1 amide bonds. The summed E-state index contributed by atoms with van der Waals surface area (Å²) in [6, 6.07) is 4.97. The maximum Gasteiger partial charge on any atom is 0.258 e. The van der Waals surface area contributed by atoms with E-state index < -0.39 is 0 Å². The van der Waals surface area contributed by atoms with E-state index >= 15 is 0 Å². The van der Waals surface area contributed by atoms with Crippen LogP contribution in [0.2, 0.25) is 0 Å². The first kappa shape index (κ1) is 16.3. The lowest BCUT2D eigenvalue weighted by Crippen LogP contribution is -2.38. The Balaban J connectivity index is 2.54.